The first kappa shape index (κ1) is 17.2. The maximum atomic E-state index is 12.4. The maximum absolute atomic E-state index is 12.4. The smallest absolute Gasteiger partial charge is 0.163 e. The Morgan fingerprint density at radius 2 is 1.86 bits per heavy atom. The molecule has 0 aliphatic heterocycles. The fourth-order valence-corrected chi connectivity index (χ4v) is 3.76. The SMILES string of the molecule is CCCC(=O)c1cccc2c1CC(N(CCC)CCC)CC2. The van der Waals surface area contributed by atoms with Crippen LogP contribution in [0.1, 0.15) is 74.4 Å². The average Bonchev–Trinajstić information content (AvgIpc) is 2.54. The Labute approximate surface area is 135 Å². The van der Waals surface area contributed by atoms with E-state index in [1.807, 2.05) is 6.07 Å². The summed E-state index contributed by atoms with van der Waals surface area (Å²) in [7, 11) is 0. The number of rotatable bonds is 8. The van der Waals surface area contributed by atoms with Crippen LogP contribution in [0, 0.1) is 0 Å². The number of benzene rings is 1. The zero-order chi connectivity index (χ0) is 15.9. The van der Waals surface area contributed by atoms with Crippen LogP contribution in [0.2, 0.25) is 0 Å². The van der Waals surface area contributed by atoms with Crippen molar-refractivity contribution in [2.45, 2.75) is 71.8 Å². The van der Waals surface area contributed by atoms with Gasteiger partial charge >= 0.3 is 0 Å². The van der Waals surface area contributed by atoms with Gasteiger partial charge in [0.25, 0.3) is 0 Å². The lowest BCUT2D eigenvalue weighted by Gasteiger charge is -2.35. The lowest BCUT2D eigenvalue weighted by molar-refractivity contribution is 0.0979. The largest absolute Gasteiger partial charge is 0.300 e. The van der Waals surface area contributed by atoms with Crippen LogP contribution in [0.25, 0.3) is 0 Å². The van der Waals surface area contributed by atoms with Crippen LogP contribution >= 0.6 is 0 Å². The topological polar surface area (TPSA) is 20.3 Å². The summed E-state index contributed by atoms with van der Waals surface area (Å²) < 4.78 is 0. The van der Waals surface area contributed by atoms with Crippen molar-refractivity contribution in [2.75, 3.05) is 13.1 Å². The molecule has 0 N–H and O–H groups in total. The van der Waals surface area contributed by atoms with Crippen LogP contribution in [-0.2, 0) is 12.8 Å². The molecule has 2 nitrogen and oxygen atoms in total. The highest BCUT2D eigenvalue weighted by molar-refractivity contribution is 5.97. The van der Waals surface area contributed by atoms with Crippen molar-refractivity contribution in [1.82, 2.24) is 4.90 Å². The van der Waals surface area contributed by atoms with Crippen molar-refractivity contribution in [3.63, 3.8) is 0 Å². The summed E-state index contributed by atoms with van der Waals surface area (Å²) in [5, 5.41) is 0. The van der Waals surface area contributed by atoms with E-state index in [2.05, 4.69) is 37.8 Å². The Hall–Kier alpha value is -1.15. The number of Topliss-reactive ketones (excluding diaryl/α,β-unsaturated/α-hetero) is 1. The summed E-state index contributed by atoms with van der Waals surface area (Å²) in [4.78, 5) is 15.1. The van der Waals surface area contributed by atoms with Gasteiger partial charge in [-0.3, -0.25) is 4.79 Å². The normalized spacial score (nSPS) is 17.5. The van der Waals surface area contributed by atoms with Crippen molar-refractivity contribution in [3.05, 3.63) is 34.9 Å². The number of carbonyl (C=O) groups excluding carboxylic acids is 1. The van der Waals surface area contributed by atoms with E-state index in [1.165, 1.54) is 43.5 Å². The van der Waals surface area contributed by atoms with E-state index in [1.54, 1.807) is 0 Å². The number of ketones is 1. The van der Waals surface area contributed by atoms with Gasteiger partial charge in [0.05, 0.1) is 0 Å². The second-order valence-electron chi connectivity index (χ2n) is 6.55. The third-order valence-electron chi connectivity index (χ3n) is 4.78. The van der Waals surface area contributed by atoms with Gasteiger partial charge in [-0.25, -0.2) is 0 Å². The third kappa shape index (κ3) is 3.98. The number of hydrogen-bond donors (Lipinski definition) is 0. The van der Waals surface area contributed by atoms with Crippen LogP contribution in [0.3, 0.4) is 0 Å². The quantitative estimate of drug-likeness (QED) is 0.651. The summed E-state index contributed by atoms with van der Waals surface area (Å²) in [5.74, 6) is 0.331. The molecule has 1 aromatic carbocycles. The average molecular weight is 301 g/mol. The third-order valence-corrected chi connectivity index (χ3v) is 4.78. The summed E-state index contributed by atoms with van der Waals surface area (Å²) >= 11 is 0. The summed E-state index contributed by atoms with van der Waals surface area (Å²) in [6, 6.07) is 6.95. The van der Waals surface area contributed by atoms with Crippen molar-refractivity contribution in [3.8, 4) is 0 Å². The minimum atomic E-state index is 0.331. The molecule has 1 atom stereocenters. The molecule has 122 valence electrons. The molecule has 0 bridgehead atoms. The van der Waals surface area contributed by atoms with Gasteiger partial charge in [-0.1, -0.05) is 39.0 Å². The van der Waals surface area contributed by atoms with Crippen LogP contribution < -0.4 is 0 Å². The predicted octanol–water partition coefficient (Wildman–Crippen LogP) is 4.65. The zero-order valence-corrected chi connectivity index (χ0v) is 14.5. The minimum absolute atomic E-state index is 0.331. The highest BCUT2D eigenvalue weighted by atomic mass is 16.1. The van der Waals surface area contributed by atoms with Crippen LogP contribution in [-0.4, -0.2) is 29.8 Å². The van der Waals surface area contributed by atoms with E-state index in [4.69, 9.17) is 0 Å². The van der Waals surface area contributed by atoms with Gasteiger partial charge in [0, 0.05) is 18.0 Å². The number of carbonyl (C=O) groups is 1. The molecule has 1 aliphatic carbocycles. The molecule has 22 heavy (non-hydrogen) atoms. The Balaban J connectivity index is 2.22. The molecule has 0 radical (unpaired) electrons. The molecule has 2 rings (SSSR count). The Morgan fingerprint density at radius 1 is 1.14 bits per heavy atom. The Kier molecular flexibility index (Phi) is 6.63. The van der Waals surface area contributed by atoms with Gasteiger partial charge in [0.1, 0.15) is 0 Å². The maximum Gasteiger partial charge on any atom is 0.163 e. The predicted molar refractivity (Wildman–Crippen MR) is 93.6 cm³/mol. The molecular formula is C20H31NO. The molecule has 0 amide bonds. The van der Waals surface area contributed by atoms with Crippen LogP contribution in [0.15, 0.2) is 18.2 Å². The molecule has 1 aromatic rings. The van der Waals surface area contributed by atoms with Crippen LogP contribution in [0.4, 0.5) is 0 Å². The van der Waals surface area contributed by atoms with E-state index in [0.717, 1.165) is 24.8 Å². The van der Waals surface area contributed by atoms with Crippen molar-refractivity contribution in [2.24, 2.45) is 0 Å². The molecular weight excluding hydrogens is 270 g/mol. The molecule has 0 saturated heterocycles. The van der Waals surface area contributed by atoms with Crippen LogP contribution in [0.5, 0.6) is 0 Å². The summed E-state index contributed by atoms with van der Waals surface area (Å²) in [6.07, 6.45) is 7.44. The van der Waals surface area contributed by atoms with Gasteiger partial charge in [0.2, 0.25) is 0 Å². The second-order valence-corrected chi connectivity index (χ2v) is 6.55. The van der Waals surface area contributed by atoms with Crippen molar-refractivity contribution < 1.29 is 4.79 Å². The van der Waals surface area contributed by atoms with E-state index in [0.29, 0.717) is 18.2 Å². The number of hydrogen-bond acceptors (Lipinski definition) is 2. The number of fused-ring (bicyclic) bond motifs is 1. The minimum Gasteiger partial charge on any atom is -0.300 e. The fraction of sp³-hybridized carbons (Fsp3) is 0.650. The molecule has 0 spiro atoms. The first-order valence-electron chi connectivity index (χ1n) is 9.09. The van der Waals surface area contributed by atoms with Gasteiger partial charge in [-0.15, -0.1) is 0 Å². The van der Waals surface area contributed by atoms with Crippen molar-refractivity contribution >= 4 is 5.78 Å². The van der Waals surface area contributed by atoms with E-state index >= 15 is 0 Å². The lowest BCUT2D eigenvalue weighted by atomic mass is 9.83. The summed E-state index contributed by atoms with van der Waals surface area (Å²) in [5.41, 5.74) is 3.75. The van der Waals surface area contributed by atoms with Gasteiger partial charge in [-0.05, 0) is 62.7 Å². The Bertz CT molecular complexity index is 488. The monoisotopic (exact) mass is 301 g/mol. The van der Waals surface area contributed by atoms with E-state index in [-0.39, 0.29) is 0 Å². The molecule has 0 heterocycles. The molecule has 0 aromatic heterocycles. The molecule has 0 fully saturated rings. The first-order chi connectivity index (χ1) is 10.7. The molecule has 2 heteroatoms. The fourth-order valence-electron chi connectivity index (χ4n) is 3.76. The van der Waals surface area contributed by atoms with E-state index < -0.39 is 0 Å². The number of nitrogens with zero attached hydrogens (tertiary/aromatic N) is 1. The Morgan fingerprint density at radius 3 is 2.50 bits per heavy atom. The summed E-state index contributed by atoms with van der Waals surface area (Å²) in [6.45, 7) is 8.96. The highest BCUT2D eigenvalue weighted by Gasteiger charge is 2.26. The van der Waals surface area contributed by atoms with E-state index in [9.17, 15) is 4.79 Å². The zero-order valence-electron chi connectivity index (χ0n) is 14.5. The lowest BCUT2D eigenvalue weighted by Crippen LogP contribution is -2.40. The molecule has 0 saturated carbocycles. The number of aryl methyl sites for hydroxylation is 1. The standard InChI is InChI=1S/C20H31NO/c1-4-8-20(22)18-10-7-9-16-11-12-17(15-19(16)18)21(13-5-2)14-6-3/h7,9-10,17H,4-6,8,11-15H2,1-3H3. The van der Waals surface area contributed by atoms with Gasteiger partial charge < -0.3 is 4.90 Å². The van der Waals surface area contributed by atoms with Crippen molar-refractivity contribution in [1.29, 1.82) is 0 Å². The molecule has 1 unspecified atom stereocenters. The van der Waals surface area contributed by atoms with Gasteiger partial charge in [0.15, 0.2) is 5.78 Å². The second kappa shape index (κ2) is 8.47. The molecule has 1 aliphatic rings. The highest BCUT2D eigenvalue weighted by Crippen LogP contribution is 2.28. The first-order valence-corrected chi connectivity index (χ1v) is 9.09. The van der Waals surface area contributed by atoms with Gasteiger partial charge in [-0.2, -0.15) is 0 Å².